The summed E-state index contributed by atoms with van der Waals surface area (Å²) in [6, 6.07) is 13.1. The van der Waals surface area contributed by atoms with Gasteiger partial charge < -0.3 is 10.2 Å². The number of nitrogens with zero attached hydrogens (tertiary/aromatic N) is 1. The third kappa shape index (κ3) is 4.28. The molecule has 0 saturated heterocycles. The third-order valence-corrected chi connectivity index (χ3v) is 3.32. The molecule has 0 heterocycles. The number of hydrogen-bond donors (Lipinski definition) is 1. The standard InChI is InChI=1S/C17H18F2N2O/c1-2-21(14-6-4-3-5-7-14)11-10-17(22)20-13-8-9-15(18)16(19)12-13/h3-9,12H,2,10-11H2,1H3,(H,20,22). The number of rotatable bonds is 6. The molecule has 0 bridgehead atoms. The fraction of sp³-hybridized carbons (Fsp3) is 0.235. The van der Waals surface area contributed by atoms with Crippen LogP contribution >= 0.6 is 0 Å². The van der Waals surface area contributed by atoms with E-state index in [9.17, 15) is 13.6 Å². The van der Waals surface area contributed by atoms with Crippen LogP contribution in [0.4, 0.5) is 20.2 Å². The highest BCUT2D eigenvalue weighted by Crippen LogP contribution is 2.15. The second-order valence-electron chi connectivity index (χ2n) is 4.84. The molecule has 2 aromatic carbocycles. The lowest BCUT2D eigenvalue weighted by Crippen LogP contribution is -2.27. The molecular formula is C17H18F2N2O. The first-order chi connectivity index (χ1) is 10.6. The minimum absolute atomic E-state index is 0.236. The molecule has 0 aromatic heterocycles. The fourth-order valence-electron chi connectivity index (χ4n) is 2.14. The van der Waals surface area contributed by atoms with Gasteiger partial charge in [0.1, 0.15) is 0 Å². The summed E-state index contributed by atoms with van der Waals surface area (Å²) in [6.45, 7) is 3.35. The van der Waals surface area contributed by atoms with Crippen LogP contribution in [0.25, 0.3) is 0 Å². The Hall–Kier alpha value is -2.43. The van der Waals surface area contributed by atoms with E-state index in [-0.39, 0.29) is 18.0 Å². The Morgan fingerprint density at radius 1 is 1.09 bits per heavy atom. The molecule has 0 atom stereocenters. The van der Waals surface area contributed by atoms with Crippen LogP contribution in [-0.2, 0) is 4.79 Å². The highest BCUT2D eigenvalue weighted by molar-refractivity contribution is 5.91. The maximum atomic E-state index is 13.1. The Morgan fingerprint density at radius 2 is 1.82 bits per heavy atom. The molecule has 116 valence electrons. The molecule has 0 radical (unpaired) electrons. The van der Waals surface area contributed by atoms with E-state index in [2.05, 4.69) is 10.2 Å². The summed E-state index contributed by atoms with van der Waals surface area (Å²) in [5.74, 6) is -2.14. The van der Waals surface area contributed by atoms with Gasteiger partial charge in [0.2, 0.25) is 5.91 Å². The van der Waals surface area contributed by atoms with Crippen molar-refractivity contribution < 1.29 is 13.6 Å². The van der Waals surface area contributed by atoms with Crippen LogP contribution in [0.1, 0.15) is 13.3 Å². The number of carbonyl (C=O) groups excluding carboxylic acids is 1. The number of benzene rings is 2. The number of anilines is 2. The molecule has 0 aliphatic heterocycles. The van der Waals surface area contributed by atoms with Gasteiger partial charge in [-0.05, 0) is 31.2 Å². The highest BCUT2D eigenvalue weighted by Gasteiger charge is 2.09. The Kier molecular flexibility index (Phi) is 5.47. The Labute approximate surface area is 128 Å². The van der Waals surface area contributed by atoms with Crippen molar-refractivity contribution in [2.45, 2.75) is 13.3 Å². The lowest BCUT2D eigenvalue weighted by molar-refractivity contribution is -0.116. The van der Waals surface area contributed by atoms with Crippen LogP contribution in [0.2, 0.25) is 0 Å². The molecule has 0 unspecified atom stereocenters. The first kappa shape index (κ1) is 15.9. The predicted molar refractivity (Wildman–Crippen MR) is 83.9 cm³/mol. The first-order valence-corrected chi connectivity index (χ1v) is 7.15. The predicted octanol–water partition coefficient (Wildman–Crippen LogP) is 3.82. The quantitative estimate of drug-likeness (QED) is 0.880. The Bertz CT molecular complexity index is 632. The molecule has 2 aromatic rings. The first-order valence-electron chi connectivity index (χ1n) is 7.15. The summed E-state index contributed by atoms with van der Waals surface area (Å²) in [4.78, 5) is 14.0. The molecule has 3 nitrogen and oxygen atoms in total. The monoisotopic (exact) mass is 304 g/mol. The SMILES string of the molecule is CCN(CCC(=O)Nc1ccc(F)c(F)c1)c1ccccc1. The van der Waals surface area contributed by atoms with Crippen molar-refractivity contribution in [2.24, 2.45) is 0 Å². The van der Waals surface area contributed by atoms with Gasteiger partial charge in [-0.2, -0.15) is 0 Å². The number of nitrogens with one attached hydrogen (secondary N) is 1. The summed E-state index contributed by atoms with van der Waals surface area (Å²) in [5.41, 5.74) is 1.30. The van der Waals surface area contributed by atoms with Crippen molar-refractivity contribution in [1.29, 1.82) is 0 Å². The van der Waals surface area contributed by atoms with Crippen molar-refractivity contribution in [1.82, 2.24) is 0 Å². The molecular weight excluding hydrogens is 286 g/mol. The number of halogens is 2. The Morgan fingerprint density at radius 3 is 2.45 bits per heavy atom. The maximum Gasteiger partial charge on any atom is 0.226 e. The van der Waals surface area contributed by atoms with Crippen LogP contribution in [0.15, 0.2) is 48.5 Å². The average Bonchev–Trinajstić information content (AvgIpc) is 2.52. The van der Waals surface area contributed by atoms with E-state index >= 15 is 0 Å². The molecule has 0 aliphatic carbocycles. The van der Waals surface area contributed by atoms with E-state index < -0.39 is 11.6 Å². The van der Waals surface area contributed by atoms with Crippen molar-refractivity contribution in [3.8, 4) is 0 Å². The van der Waals surface area contributed by atoms with Crippen LogP contribution in [-0.4, -0.2) is 19.0 Å². The smallest absolute Gasteiger partial charge is 0.226 e. The van der Waals surface area contributed by atoms with Crippen molar-refractivity contribution >= 4 is 17.3 Å². The van der Waals surface area contributed by atoms with Gasteiger partial charge in [0.25, 0.3) is 0 Å². The minimum Gasteiger partial charge on any atom is -0.371 e. The second-order valence-corrected chi connectivity index (χ2v) is 4.84. The van der Waals surface area contributed by atoms with Gasteiger partial charge in [-0.1, -0.05) is 18.2 Å². The van der Waals surface area contributed by atoms with Gasteiger partial charge >= 0.3 is 0 Å². The zero-order chi connectivity index (χ0) is 15.9. The summed E-state index contributed by atoms with van der Waals surface area (Å²) < 4.78 is 25.9. The minimum atomic E-state index is -0.975. The highest BCUT2D eigenvalue weighted by atomic mass is 19.2. The van der Waals surface area contributed by atoms with E-state index in [4.69, 9.17) is 0 Å². The second kappa shape index (κ2) is 7.54. The number of hydrogen-bond acceptors (Lipinski definition) is 2. The topological polar surface area (TPSA) is 32.3 Å². The molecule has 0 fully saturated rings. The van der Waals surface area contributed by atoms with Crippen LogP contribution in [0, 0.1) is 11.6 Å². The summed E-state index contributed by atoms with van der Waals surface area (Å²) in [5, 5.41) is 2.57. The molecule has 0 spiro atoms. The molecule has 1 amide bonds. The van der Waals surface area contributed by atoms with E-state index in [0.717, 1.165) is 24.4 Å². The maximum absolute atomic E-state index is 13.1. The molecule has 2 rings (SSSR count). The molecule has 1 N–H and O–H groups in total. The summed E-state index contributed by atoms with van der Waals surface area (Å²) in [6.07, 6.45) is 0.266. The summed E-state index contributed by atoms with van der Waals surface area (Å²) >= 11 is 0. The van der Waals surface area contributed by atoms with Crippen LogP contribution in [0.5, 0.6) is 0 Å². The number of amides is 1. The molecule has 0 aliphatic rings. The normalized spacial score (nSPS) is 10.3. The molecule has 0 saturated carbocycles. The van der Waals surface area contributed by atoms with E-state index in [0.29, 0.717) is 6.54 Å². The number of carbonyl (C=O) groups is 1. The van der Waals surface area contributed by atoms with Crippen LogP contribution < -0.4 is 10.2 Å². The van der Waals surface area contributed by atoms with E-state index in [1.807, 2.05) is 37.3 Å². The van der Waals surface area contributed by atoms with Crippen molar-refractivity contribution in [2.75, 3.05) is 23.3 Å². The number of para-hydroxylation sites is 1. The molecule has 22 heavy (non-hydrogen) atoms. The van der Waals surface area contributed by atoms with E-state index in [1.165, 1.54) is 6.07 Å². The van der Waals surface area contributed by atoms with E-state index in [1.54, 1.807) is 0 Å². The Balaban J connectivity index is 1.90. The zero-order valence-electron chi connectivity index (χ0n) is 12.4. The van der Waals surface area contributed by atoms with Crippen LogP contribution in [0.3, 0.4) is 0 Å². The van der Waals surface area contributed by atoms with Crippen molar-refractivity contribution in [3.05, 3.63) is 60.2 Å². The van der Waals surface area contributed by atoms with Gasteiger partial charge in [-0.3, -0.25) is 4.79 Å². The lowest BCUT2D eigenvalue weighted by Gasteiger charge is -2.22. The average molecular weight is 304 g/mol. The van der Waals surface area contributed by atoms with Gasteiger partial charge in [0, 0.05) is 37.0 Å². The lowest BCUT2D eigenvalue weighted by atomic mass is 10.2. The van der Waals surface area contributed by atoms with Gasteiger partial charge in [0.05, 0.1) is 0 Å². The fourth-order valence-corrected chi connectivity index (χ4v) is 2.14. The summed E-state index contributed by atoms with van der Waals surface area (Å²) in [7, 11) is 0. The van der Waals surface area contributed by atoms with Gasteiger partial charge in [-0.25, -0.2) is 8.78 Å². The van der Waals surface area contributed by atoms with Crippen molar-refractivity contribution in [3.63, 3.8) is 0 Å². The van der Waals surface area contributed by atoms with Gasteiger partial charge in [0.15, 0.2) is 11.6 Å². The van der Waals surface area contributed by atoms with Gasteiger partial charge in [-0.15, -0.1) is 0 Å². The molecule has 5 heteroatoms. The largest absolute Gasteiger partial charge is 0.371 e. The zero-order valence-corrected chi connectivity index (χ0v) is 12.4. The third-order valence-electron chi connectivity index (χ3n) is 3.32.